The molecule has 0 atom stereocenters. The molecule has 0 heterocycles. The lowest BCUT2D eigenvalue weighted by Gasteiger charge is -1.98. The molecule has 0 amide bonds. The van der Waals surface area contributed by atoms with Crippen LogP contribution in [0.5, 0.6) is 0 Å². The van der Waals surface area contributed by atoms with Gasteiger partial charge >= 0.3 is 5.97 Å². The summed E-state index contributed by atoms with van der Waals surface area (Å²) in [6.45, 7) is 2.23. The molecule has 0 rings (SSSR count). The fourth-order valence-corrected chi connectivity index (χ4v) is 1.29. The number of hydrogen-bond donors (Lipinski definition) is 2. The van der Waals surface area contributed by atoms with E-state index in [1.165, 1.54) is 0 Å². The summed E-state index contributed by atoms with van der Waals surface area (Å²) in [6, 6.07) is 0. The molecular weight excluding hydrogens is 222 g/mol. The van der Waals surface area contributed by atoms with Crippen LogP contribution in [0.4, 0.5) is 0 Å². The summed E-state index contributed by atoms with van der Waals surface area (Å²) in [5.74, 6) is -0.681. The molecule has 0 saturated heterocycles. The van der Waals surface area contributed by atoms with Crippen molar-refractivity contribution in [1.82, 2.24) is 0 Å². The van der Waals surface area contributed by atoms with Gasteiger partial charge in [-0.1, -0.05) is 15.9 Å². The number of carbonyl (C=O) groups is 1. The fourth-order valence-electron chi connectivity index (χ4n) is 0.963. The maximum absolute atomic E-state index is 10.1. The van der Waals surface area contributed by atoms with Gasteiger partial charge in [-0.05, 0) is 19.3 Å². The zero-order valence-corrected chi connectivity index (χ0v) is 8.85. The highest BCUT2D eigenvalue weighted by atomic mass is 79.9. The number of alkyl halides is 1. The second kappa shape index (κ2) is 9.00. The molecular formula is C8H17BrNO2+. The molecule has 12 heavy (non-hydrogen) atoms. The Hall–Kier alpha value is -0.0900. The first kappa shape index (κ1) is 11.9. The zero-order valence-electron chi connectivity index (χ0n) is 7.26. The summed E-state index contributed by atoms with van der Waals surface area (Å²) in [6.07, 6.45) is 3.29. The molecule has 0 saturated carbocycles. The van der Waals surface area contributed by atoms with Crippen molar-refractivity contribution in [3.63, 3.8) is 0 Å². The van der Waals surface area contributed by atoms with Crippen molar-refractivity contribution in [1.29, 1.82) is 0 Å². The van der Waals surface area contributed by atoms with Crippen LogP contribution < -0.4 is 5.32 Å². The molecule has 0 radical (unpaired) electrons. The molecule has 0 aromatic heterocycles. The molecule has 4 heteroatoms. The summed E-state index contributed by atoms with van der Waals surface area (Å²) in [5.41, 5.74) is 0. The van der Waals surface area contributed by atoms with E-state index in [4.69, 9.17) is 5.11 Å². The molecule has 0 aliphatic heterocycles. The molecule has 0 fully saturated rings. The lowest BCUT2D eigenvalue weighted by molar-refractivity contribution is -0.650. The van der Waals surface area contributed by atoms with E-state index in [2.05, 4.69) is 21.2 Å². The summed E-state index contributed by atoms with van der Waals surface area (Å²) in [4.78, 5) is 10.1. The highest BCUT2D eigenvalue weighted by Gasteiger charge is 1.96. The van der Waals surface area contributed by atoms with Gasteiger partial charge in [0.15, 0.2) is 0 Å². The van der Waals surface area contributed by atoms with Gasteiger partial charge in [-0.3, -0.25) is 4.79 Å². The second-order valence-electron chi connectivity index (χ2n) is 2.76. The van der Waals surface area contributed by atoms with Crippen LogP contribution in [0.1, 0.15) is 25.7 Å². The lowest BCUT2D eigenvalue weighted by Crippen LogP contribution is -2.84. The Labute approximate surface area is 81.7 Å². The van der Waals surface area contributed by atoms with Crippen LogP contribution >= 0.6 is 15.9 Å². The van der Waals surface area contributed by atoms with E-state index in [1.54, 1.807) is 0 Å². The Morgan fingerprint density at radius 1 is 1.25 bits per heavy atom. The maximum atomic E-state index is 10.1. The van der Waals surface area contributed by atoms with Crippen LogP contribution in [-0.2, 0) is 4.79 Å². The standard InChI is InChI=1S/C8H16BrNO2/c9-5-7-10-6-3-1-2-4-8(11)12/h10H,1-7H2,(H,11,12)/p+1. The number of carboxylic acid groups (broad SMARTS) is 1. The highest BCUT2D eigenvalue weighted by molar-refractivity contribution is 9.09. The minimum Gasteiger partial charge on any atom is -0.481 e. The molecule has 0 aliphatic carbocycles. The number of unbranched alkanes of at least 4 members (excludes halogenated alkanes) is 2. The van der Waals surface area contributed by atoms with Gasteiger partial charge in [-0.15, -0.1) is 0 Å². The van der Waals surface area contributed by atoms with Crippen LogP contribution in [0, 0.1) is 0 Å². The van der Waals surface area contributed by atoms with Crippen LogP contribution in [0.15, 0.2) is 0 Å². The molecule has 3 N–H and O–H groups in total. The monoisotopic (exact) mass is 238 g/mol. The van der Waals surface area contributed by atoms with Gasteiger partial charge in [-0.25, -0.2) is 0 Å². The Balaban J connectivity index is 2.86. The number of hydrogen-bond acceptors (Lipinski definition) is 1. The summed E-state index contributed by atoms with van der Waals surface area (Å²) >= 11 is 3.34. The molecule has 0 spiro atoms. The highest BCUT2D eigenvalue weighted by Crippen LogP contribution is 1.97. The maximum Gasteiger partial charge on any atom is 0.303 e. The summed E-state index contributed by atoms with van der Waals surface area (Å²) < 4.78 is 0. The number of nitrogens with two attached hydrogens (primary N) is 1. The van der Waals surface area contributed by atoms with Crippen LogP contribution in [0.2, 0.25) is 0 Å². The first-order valence-corrected chi connectivity index (χ1v) is 5.49. The van der Waals surface area contributed by atoms with Crippen LogP contribution in [-0.4, -0.2) is 29.5 Å². The van der Waals surface area contributed by atoms with Gasteiger partial charge in [0.25, 0.3) is 0 Å². The predicted octanol–water partition coefficient (Wildman–Crippen LogP) is 0.590. The normalized spacial score (nSPS) is 10.1. The van der Waals surface area contributed by atoms with Crippen molar-refractivity contribution in [2.45, 2.75) is 25.7 Å². The Morgan fingerprint density at radius 3 is 2.58 bits per heavy atom. The summed E-state index contributed by atoms with van der Waals surface area (Å²) in [7, 11) is 0. The largest absolute Gasteiger partial charge is 0.481 e. The first-order chi connectivity index (χ1) is 5.77. The van der Waals surface area contributed by atoms with E-state index < -0.39 is 5.97 Å². The second-order valence-corrected chi connectivity index (χ2v) is 3.55. The van der Waals surface area contributed by atoms with E-state index >= 15 is 0 Å². The molecule has 3 nitrogen and oxygen atoms in total. The first-order valence-electron chi connectivity index (χ1n) is 4.37. The van der Waals surface area contributed by atoms with Crippen molar-refractivity contribution in [3.8, 4) is 0 Å². The van der Waals surface area contributed by atoms with Crippen molar-refractivity contribution in [3.05, 3.63) is 0 Å². The van der Waals surface area contributed by atoms with E-state index in [0.29, 0.717) is 6.42 Å². The van der Waals surface area contributed by atoms with E-state index in [0.717, 1.165) is 37.7 Å². The number of halogens is 1. The van der Waals surface area contributed by atoms with Crippen LogP contribution in [0.3, 0.4) is 0 Å². The van der Waals surface area contributed by atoms with Gasteiger partial charge in [-0.2, -0.15) is 0 Å². The molecule has 0 bridgehead atoms. The average molecular weight is 239 g/mol. The molecule has 0 aromatic rings. The van der Waals surface area contributed by atoms with Crippen molar-refractivity contribution in [2.24, 2.45) is 0 Å². The summed E-state index contributed by atoms with van der Waals surface area (Å²) in [5, 5.41) is 11.6. The number of aliphatic carboxylic acids is 1. The fraction of sp³-hybridized carbons (Fsp3) is 0.875. The Morgan fingerprint density at radius 2 is 2.00 bits per heavy atom. The Kier molecular flexibility index (Phi) is 8.93. The van der Waals surface area contributed by atoms with Gasteiger partial charge in [0.1, 0.15) is 0 Å². The number of quaternary nitrogens is 1. The van der Waals surface area contributed by atoms with Crippen LogP contribution in [0.25, 0.3) is 0 Å². The third kappa shape index (κ3) is 9.91. The van der Waals surface area contributed by atoms with Gasteiger partial charge in [0.2, 0.25) is 0 Å². The number of rotatable bonds is 8. The third-order valence-corrected chi connectivity index (χ3v) is 2.07. The van der Waals surface area contributed by atoms with Gasteiger partial charge in [0, 0.05) is 6.42 Å². The molecule has 0 aliphatic rings. The number of carboxylic acids is 1. The van der Waals surface area contributed by atoms with E-state index in [1.807, 2.05) is 0 Å². The molecule has 0 unspecified atom stereocenters. The van der Waals surface area contributed by atoms with Crippen molar-refractivity contribution in [2.75, 3.05) is 18.4 Å². The van der Waals surface area contributed by atoms with E-state index in [-0.39, 0.29) is 0 Å². The topological polar surface area (TPSA) is 53.9 Å². The average Bonchev–Trinajstić information content (AvgIpc) is 2.02. The minimum atomic E-state index is -0.681. The van der Waals surface area contributed by atoms with Gasteiger partial charge < -0.3 is 10.4 Å². The zero-order chi connectivity index (χ0) is 9.23. The predicted molar refractivity (Wildman–Crippen MR) is 51.6 cm³/mol. The minimum absolute atomic E-state index is 0.318. The van der Waals surface area contributed by atoms with Crippen molar-refractivity contribution >= 4 is 21.9 Å². The van der Waals surface area contributed by atoms with Gasteiger partial charge in [0.05, 0.1) is 18.4 Å². The molecule has 72 valence electrons. The van der Waals surface area contributed by atoms with Crippen molar-refractivity contribution < 1.29 is 15.2 Å². The quantitative estimate of drug-likeness (QED) is 0.481. The SMILES string of the molecule is O=C(O)CCCCC[NH2+]CCBr. The van der Waals surface area contributed by atoms with E-state index in [9.17, 15) is 4.79 Å². The Bertz CT molecular complexity index is 120. The third-order valence-electron chi connectivity index (χ3n) is 1.61. The molecule has 0 aromatic carbocycles. The smallest absolute Gasteiger partial charge is 0.303 e. The lowest BCUT2D eigenvalue weighted by atomic mass is 10.2.